The number of nitrogens with zero attached hydrogens (tertiary/aromatic N) is 1. The van der Waals surface area contributed by atoms with E-state index in [0.717, 1.165) is 12.1 Å². The molecular weight excluding hydrogens is 278 g/mol. The summed E-state index contributed by atoms with van der Waals surface area (Å²) < 4.78 is 0. The first-order valence-electron chi connectivity index (χ1n) is 5.02. The van der Waals surface area contributed by atoms with Crippen LogP contribution < -0.4 is 10.6 Å². The van der Waals surface area contributed by atoms with E-state index < -0.39 is 16.6 Å². The Kier molecular flexibility index (Phi) is 4.65. The molecule has 0 atom stereocenters. The SMILES string of the molecule is CNC(=O)CNc1c(Cl)cc([N+](=O)[O-])cc1C(=O)O. The molecule has 0 fully saturated rings. The number of rotatable bonds is 5. The van der Waals surface area contributed by atoms with Crippen molar-refractivity contribution >= 4 is 34.9 Å². The summed E-state index contributed by atoms with van der Waals surface area (Å²) in [6, 6.07) is 1.89. The van der Waals surface area contributed by atoms with Gasteiger partial charge in [-0.2, -0.15) is 0 Å². The van der Waals surface area contributed by atoms with Gasteiger partial charge in [0.15, 0.2) is 0 Å². The largest absolute Gasteiger partial charge is 0.478 e. The number of benzene rings is 1. The number of amides is 1. The number of carboxylic acid groups (broad SMARTS) is 1. The molecule has 0 aromatic heterocycles. The predicted octanol–water partition coefficient (Wildman–Crippen LogP) is 1.10. The lowest BCUT2D eigenvalue weighted by atomic mass is 10.1. The van der Waals surface area contributed by atoms with Crippen molar-refractivity contribution in [2.45, 2.75) is 0 Å². The van der Waals surface area contributed by atoms with Crippen molar-refractivity contribution in [3.63, 3.8) is 0 Å². The quantitative estimate of drug-likeness (QED) is 0.551. The molecule has 1 rings (SSSR count). The van der Waals surface area contributed by atoms with Crippen LogP contribution in [-0.2, 0) is 4.79 Å². The topological polar surface area (TPSA) is 122 Å². The van der Waals surface area contributed by atoms with Crippen molar-refractivity contribution in [2.24, 2.45) is 0 Å². The third kappa shape index (κ3) is 3.55. The lowest BCUT2D eigenvalue weighted by molar-refractivity contribution is -0.384. The normalized spacial score (nSPS) is 9.79. The van der Waals surface area contributed by atoms with Gasteiger partial charge in [0.05, 0.1) is 27.7 Å². The van der Waals surface area contributed by atoms with Gasteiger partial charge < -0.3 is 15.7 Å². The summed E-state index contributed by atoms with van der Waals surface area (Å²) >= 11 is 5.79. The molecule has 0 aliphatic heterocycles. The highest BCUT2D eigenvalue weighted by Gasteiger charge is 2.20. The molecule has 0 aliphatic rings. The molecule has 1 aromatic rings. The zero-order chi connectivity index (χ0) is 14.6. The van der Waals surface area contributed by atoms with Crippen LogP contribution in [0.5, 0.6) is 0 Å². The van der Waals surface area contributed by atoms with Gasteiger partial charge in [0, 0.05) is 19.2 Å². The van der Waals surface area contributed by atoms with Crippen molar-refractivity contribution in [1.82, 2.24) is 5.32 Å². The molecular formula is C10H10ClN3O5. The summed E-state index contributed by atoms with van der Waals surface area (Å²) in [5.41, 5.74) is -0.848. The molecule has 9 heteroatoms. The molecule has 0 heterocycles. The molecule has 0 radical (unpaired) electrons. The zero-order valence-electron chi connectivity index (χ0n) is 9.77. The number of hydrogen-bond acceptors (Lipinski definition) is 5. The van der Waals surface area contributed by atoms with E-state index in [9.17, 15) is 19.7 Å². The summed E-state index contributed by atoms with van der Waals surface area (Å²) in [6.45, 7) is -0.200. The number of anilines is 1. The summed E-state index contributed by atoms with van der Waals surface area (Å²) in [5, 5.41) is 24.3. The van der Waals surface area contributed by atoms with Crippen LogP contribution in [-0.4, -0.2) is 35.5 Å². The fourth-order valence-corrected chi connectivity index (χ4v) is 1.58. The standard InChI is InChI=1S/C10H10ClN3O5/c1-12-8(15)4-13-9-6(10(16)17)2-5(14(18)19)3-7(9)11/h2-3,13H,4H2,1H3,(H,12,15)(H,16,17). The Morgan fingerprint density at radius 1 is 1.47 bits per heavy atom. The minimum Gasteiger partial charge on any atom is -0.478 e. The number of nitrogens with one attached hydrogen (secondary N) is 2. The van der Waals surface area contributed by atoms with Crippen LogP contribution in [0, 0.1) is 10.1 Å². The molecule has 1 aromatic carbocycles. The van der Waals surface area contributed by atoms with Crippen molar-refractivity contribution in [3.05, 3.63) is 32.8 Å². The summed E-state index contributed by atoms with van der Waals surface area (Å²) in [7, 11) is 1.42. The molecule has 0 bridgehead atoms. The van der Waals surface area contributed by atoms with Crippen LogP contribution in [0.3, 0.4) is 0 Å². The van der Waals surface area contributed by atoms with Crippen LogP contribution in [0.25, 0.3) is 0 Å². The fraction of sp³-hybridized carbons (Fsp3) is 0.200. The van der Waals surface area contributed by atoms with Crippen LogP contribution in [0.2, 0.25) is 5.02 Å². The van der Waals surface area contributed by atoms with Crippen molar-refractivity contribution in [1.29, 1.82) is 0 Å². The van der Waals surface area contributed by atoms with Gasteiger partial charge in [0.2, 0.25) is 5.91 Å². The smallest absolute Gasteiger partial charge is 0.338 e. The maximum Gasteiger partial charge on any atom is 0.338 e. The monoisotopic (exact) mass is 287 g/mol. The van der Waals surface area contributed by atoms with E-state index in [1.54, 1.807) is 0 Å². The minimum atomic E-state index is -1.38. The van der Waals surface area contributed by atoms with Crippen molar-refractivity contribution < 1.29 is 19.6 Å². The van der Waals surface area contributed by atoms with Crippen LogP contribution in [0.1, 0.15) is 10.4 Å². The average molecular weight is 288 g/mol. The average Bonchev–Trinajstić information content (AvgIpc) is 2.35. The van der Waals surface area contributed by atoms with Gasteiger partial charge >= 0.3 is 5.97 Å². The second kappa shape index (κ2) is 6.01. The number of likely N-dealkylation sites (N-methyl/N-ethyl adjacent to an activating group) is 1. The van der Waals surface area contributed by atoms with Gasteiger partial charge in [0.1, 0.15) is 0 Å². The van der Waals surface area contributed by atoms with E-state index in [1.165, 1.54) is 7.05 Å². The highest BCUT2D eigenvalue weighted by Crippen LogP contribution is 2.31. The van der Waals surface area contributed by atoms with E-state index in [2.05, 4.69) is 10.6 Å². The Morgan fingerprint density at radius 3 is 2.58 bits per heavy atom. The molecule has 0 spiro atoms. The van der Waals surface area contributed by atoms with Crippen LogP contribution >= 0.6 is 11.6 Å². The number of nitro benzene ring substituents is 1. The molecule has 102 valence electrons. The predicted molar refractivity (Wildman–Crippen MR) is 67.6 cm³/mol. The van der Waals surface area contributed by atoms with E-state index in [0.29, 0.717) is 0 Å². The lowest BCUT2D eigenvalue weighted by Gasteiger charge is -2.10. The Hall–Kier alpha value is -2.35. The van der Waals surface area contributed by atoms with Crippen molar-refractivity contribution in [3.8, 4) is 0 Å². The summed E-state index contributed by atoms with van der Waals surface area (Å²) in [5.74, 6) is -1.77. The first-order valence-corrected chi connectivity index (χ1v) is 5.40. The van der Waals surface area contributed by atoms with Gasteiger partial charge in [-0.05, 0) is 0 Å². The van der Waals surface area contributed by atoms with Gasteiger partial charge in [-0.15, -0.1) is 0 Å². The number of nitro groups is 1. The van der Waals surface area contributed by atoms with E-state index in [-0.39, 0.29) is 28.7 Å². The number of aromatic carboxylic acids is 1. The van der Waals surface area contributed by atoms with Gasteiger partial charge in [0.25, 0.3) is 5.69 Å². The van der Waals surface area contributed by atoms with E-state index in [4.69, 9.17) is 16.7 Å². The highest BCUT2D eigenvalue weighted by molar-refractivity contribution is 6.34. The number of carboxylic acids is 1. The second-order valence-corrected chi connectivity index (χ2v) is 3.85. The third-order valence-electron chi connectivity index (χ3n) is 2.22. The number of carbonyl (C=O) groups excluding carboxylic acids is 1. The fourth-order valence-electron chi connectivity index (χ4n) is 1.30. The van der Waals surface area contributed by atoms with Gasteiger partial charge in [-0.1, -0.05) is 11.6 Å². The first kappa shape index (κ1) is 14.7. The molecule has 8 nitrogen and oxygen atoms in total. The molecule has 0 aliphatic carbocycles. The number of non-ortho nitro benzene ring substituents is 1. The molecule has 0 unspecified atom stereocenters. The van der Waals surface area contributed by atoms with E-state index >= 15 is 0 Å². The second-order valence-electron chi connectivity index (χ2n) is 3.44. The van der Waals surface area contributed by atoms with Crippen LogP contribution in [0.15, 0.2) is 12.1 Å². The maximum absolute atomic E-state index is 11.1. The number of halogens is 1. The molecule has 0 saturated carbocycles. The molecule has 0 saturated heterocycles. The highest BCUT2D eigenvalue weighted by atomic mass is 35.5. The Labute approximate surface area is 112 Å². The zero-order valence-corrected chi connectivity index (χ0v) is 10.5. The Bertz CT molecular complexity index is 546. The van der Waals surface area contributed by atoms with Crippen LogP contribution in [0.4, 0.5) is 11.4 Å². The summed E-state index contributed by atoms with van der Waals surface area (Å²) in [6.07, 6.45) is 0. The van der Waals surface area contributed by atoms with E-state index in [1.807, 2.05) is 0 Å². The van der Waals surface area contributed by atoms with Crippen molar-refractivity contribution in [2.75, 3.05) is 18.9 Å². The maximum atomic E-state index is 11.1. The lowest BCUT2D eigenvalue weighted by Crippen LogP contribution is -2.26. The number of hydrogen-bond donors (Lipinski definition) is 3. The third-order valence-corrected chi connectivity index (χ3v) is 2.52. The summed E-state index contributed by atoms with van der Waals surface area (Å²) in [4.78, 5) is 32.0. The minimum absolute atomic E-state index is 0.0385. The Balaban J connectivity index is 3.18. The Morgan fingerprint density at radius 2 is 2.11 bits per heavy atom. The van der Waals surface area contributed by atoms with Gasteiger partial charge in [-0.25, -0.2) is 4.79 Å². The first-order chi connectivity index (χ1) is 8.86. The molecule has 1 amide bonds. The van der Waals surface area contributed by atoms with Gasteiger partial charge in [-0.3, -0.25) is 14.9 Å². The number of carbonyl (C=O) groups is 2. The molecule has 3 N–H and O–H groups in total. The molecule has 19 heavy (non-hydrogen) atoms.